The van der Waals surface area contributed by atoms with Gasteiger partial charge in [0.25, 0.3) is 5.91 Å². The lowest BCUT2D eigenvalue weighted by Gasteiger charge is -2.15. The highest BCUT2D eigenvalue weighted by Crippen LogP contribution is 2.25. The van der Waals surface area contributed by atoms with Gasteiger partial charge in [0, 0.05) is 24.7 Å². The van der Waals surface area contributed by atoms with Crippen LogP contribution in [-0.2, 0) is 19.5 Å². The Labute approximate surface area is 272 Å². The first-order valence-electron chi connectivity index (χ1n) is 13.8. The Balaban J connectivity index is 1.45. The Morgan fingerprint density at radius 3 is 2.58 bits per heavy atom. The van der Waals surface area contributed by atoms with Gasteiger partial charge in [-0.15, -0.1) is 23.4 Å². The highest BCUT2D eigenvalue weighted by molar-refractivity contribution is 6.32. The molecule has 12 nitrogen and oxygen atoms in total. The molecule has 5 rings (SSSR count). The van der Waals surface area contributed by atoms with Gasteiger partial charge in [-0.05, 0) is 71.3 Å². The van der Waals surface area contributed by atoms with E-state index < -0.39 is 36.1 Å². The number of nitrogens with one attached hydrogen (secondary N) is 1. The number of alkyl halides is 5. The molecule has 0 saturated heterocycles. The third kappa shape index (κ3) is 7.96. The number of Topliss-reactive ketones (excluding diaryl/α,β-unsaturated/α-hetero) is 1. The molecule has 0 fully saturated rings. The second kappa shape index (κ2) is 13.9. The average Bonchev–Trinajstić information content (AvgIpc) is 3.68. The van der Waals surface area contributed by atoms with E-state index in [-0.39, 0.29) is 58.4 Å². The quantitative estimate of drug-likeness (QED) is 0.144. The summed E-state index contributed by atoms with van der Waals surface area (Å²) in [6.07, 6.45) is -6.80. The number of nitrogens with zero attached hydrogens (tertiary/aromatic N) is 8. The standard InChI is InChI=1S/C30H21ClF5N9O3/c1-16-8-18(13-37)10-22(29(47)39-14-17-4-2-5-20(9-17)48-30(34,35)36)21(16)12-25(46)24-11-19(15-44-42-27(26(32)33)40-43-44)41-45(24)28-23(31)6-3-7-38-28/h2-11,26H,12,14-15H2,1H3,(H,39,47). The van der Waals surface area contributed by atoms with Crippen molar-refractivity contribution in [1.29, 1.82) is 5.26 Å². The van der Waals surface area contributed by atoms with Crippen molar-refractivity contribution in [3.05, 3.63) is 111 Å². The molecule has 48 heavy (non-hydrogen) atoms. The van der Waals surface area contributed by atoms with Crippen molar-refractivity contribution >= 4 is 23.3 Å². The fraction of sp³-hybridized carbons (Fsp3) is 0.200. The number of pyridine rings is 1. The van der Waals surface area contributed by atoms with E-state index >= 15 is 0 Å². The number of ketones is 1. The van der Waals surface area contributed by atoms with E-state index in [1.165, 1.54) is 47.3 Å². The van der Waals surface area contributed by atoms with E-state index in [0.717, 1.165) is 16.9 Å². The molecule has 0 radical (unpaired) electrons. The average molecular weight is 686 g/mol. The molecular formula is C30H21ClF5N9O3. The number of rotatable bonds is 11. The number of carbonyl (C=O) groups is 2. The number of hydrogen-bond donors (Lipinski definition) is 1. The third-order valence-electron chi connectivity index (χ3n) is 6.72. The summed E-state index contributed by atoms with van der Waals surface area (Å²) in [7, 11) is 0. The third-order valence-corrected chi connectivity index (χ3v) is 7.02. The number of amides is 1. The zero-order chi connectivity index (χ0) is 34.6. The molecule has 0 aliphatic heterocycles. The summed E-state index contributed by atoms with van der Waals surface area (Å²) in [5.41, 5.74) is 1.23. The summed E-state index contributed by atoms with van der Waals surface area (Å²) < 4.78 is 69.1. The first kappa shape index (κ1) is 33.6. The predicted molar refractivity (Wildman–Crippen MR) is 156 cm³/mol. The fourth-order valence-corrected chi connectivity index (χ4v) is 4.86. The first-order valence-corrected chi connectivity index (χ1v) is 14.1. The van der Waals surface area contributed by atoms with Crippen LogP contribution in [0.1, 0.15) is 61.0 Å². The van der Waals surface area contributed by atoms with Crippen LogP contribution in [0.25, 0.3) is 5.82 Å². The minimum Gasteiger partial charge on any atom is -0.406 e. The van der Waals surface area contributed by atoms with E-state index in [9.17, 15) is 36.8 Å². The van der Waals surface area contributed by atoms with Crippen LogP contribution in [0.4, 0.5) is 22.0 Å². The van der Waals surface area contributed by atoms with Crippen LogP contribution in [0.5, 0.6) is 5.75 Å². The van der Waals surface area contributed by atoms with Crippen molar-refractivity contribution in [2.75, 3.05) is 0 Å². The van der Waals surface area contributed by atoms with Crippen LogP contribution in [0.15, 0.2) is 60.8 Å². The molecule has 2 aromatic carbocycles. The van der Waals surface area contributed by atoms with Gasteiger partial charge >= 0.3 is 12.8 Å². The molecule has 5 aromatic rings. The number of ether oxygens (including phenoxy) is 1. The summed E-state index contributed by atoms with van der Waals surface area (Å²) in [4.78, 5) is 32.4. The summed E-state index contributed by atoms with van der Waals surface area (Å²) in [5.74, 6) is -2.44. The van der Waals surface area contributed by atoms with Crippen LogP contribution >= 0.6 is 11.6 Å². The molecule has 0 atom stereocenters. The molecule has 246 valence electrons. The molecule has 3 heterocycles. The van der Waals surface area contributed by atoms with E-state index in [4.69, 9.17) is 11.6 Å². The molecular weight excluding hydrogens is 665 g/mol. The molecule has 3 aromatic heterocycles. The SMILES string of the molecule is Cc1cc(C#N)cc(C(=O)NCc2cccc(OC(F)(F)F)c2)c1CC(=O)c1cc(Cn2nnc(C(F)F)n2)nn1-c1ncccc1Cl. The minimum absolute atomic E-state index is 0.0175. The summed E-state index contributed by atoms with van der Waals surface area (Å²) in [5, 5.41) is 27.2. The molecule has 0 aliphatic rings. The Kier molecular flexibility index (Phi) is 9.75. The largest absolute Gasteiger partial charge is 0.573 e. The van der Waals surface area contributed by atoms with Gasteiger partial charge in [0.2, 0.25) is 5.82 Å². The van der Waals surface area contributed by atoms with Crippen molar-refractivity contribution in [1.82, 2.24) is 40.3 Å². The highest BCUT2D eigenvalue weighted by atomic mass is 35.5. The summed E-state index contributed by atoms with van der Waals surface area (Å²) in [6, 6.07) is 14.2. The van der Waals surface area contributed by atoms with Gasteiger partial charge in [-0.25, -0.2) is 18.4 Å². The zero-order valence-corrected chi connectivity index (χ0v) is 25.3. The van der Waals surface area contributed by atoms with Gasteiger partial charge in [-0.1, -0.05) is 23.7 Å². The zero-order valence-electron chi connectivity index (χ0n) is 24.5. The summed E-state index contributed by atoms with van der Waals surface area (Å²) in [6.45, 7) is 1.17. The second-order valence-corrected chi connectivity index (χ2v) is 10.5. The number of aromatic nitrogens is 7. The minimum atomic E-state index is -4.90. The van der Waals surface area contributed by atoms with E-state index in [2.05, 4.69) is 35.5 Å². The van der Waals surface area contributed by atoms with Crippen molar-refractivity contribution in [3.8, 4) is 17.6 Å². The van der Waals surface area contributed by atoms with Gasteiger partial charge in [-0.2, -0.15) is 15.2 Å². The number of hydrogen-bond acceptors (Lipinski definition) is 9. The van der Waals surface area contributed by atoms with Crippen LogP contribution in [0.2, 0.25) is 5.02 Å². The molecule has 0 bridgehead atoms. The maximum Gasteiger partial charge on any atom is 0.573 e. The monoisotopic (exact) mass is 685 g/mol. The Morgan fingerprint density at radius 1 is 1.10 bits per heavy atom. The topological polar surface area (TPSA) is 154 Å². The number of halogens is 6. The number of nitriles is 1. The Bertz CT molecular complexity index is 2040. The lowest BCUT2D eigenvalue weighted by atomic mass is 9.93. The van der Waals surface area contributed by atoms with Crippen molar-refractivity contribution in [2.45, 2.75) is 39.2 Å². The predicted octanol–water partition coefficient (Wildman–Crippen LogP) is 5.33. The van der Waals surface area contributed by atoms with Gasteiger partial charge in [0.1, 0.15) is 18.0 Å². The molecule has 0 unspecified atom stereocenters. The van der Waals surface area contributed by atoms with Crippen molar-refractivity contribution in [3.63, 3.8) is 0 Å². The van der Waals surface area contributed by atoms with Crippen molar-refractivity contribution in [2.24, 2.45) is 0 Å². The fourth-order valence-electron chi connectivity index (χ4n) is 4.66. The van der Waals surface area contributed by atoms with Crippen LogP contribution < -0.4 is 10.1 Å². The van der Waals surface area contributed by atoms with Crippen LogP contribution in [0, 0.1) is 18.3 Å². The normalized spacial score (nSPS) is 11.4. The molecule has 0 saturated carbocycles. The Morgan fingerprint density at radius 2 is 1.90 bits per heavy atom. The van der Waals surface area contributed by atoms with Gasteiger partial charge in [-0.3, -0.25) is 9.59 Å². The highest BCUT2D eigenvalue weighted by Gasteiger charge is 2.31. The molecule has 0 aliphatic carbocycles. The van der Waals surface area contributed by atoms with E-state index in [0.29, 0.717) is 11.1 Å². The summed E-state index contributed by atoms with van der Waals surface area (Å²) >= 11 is 6.35. The molecule has 0 spiro atoms. The number of benzene rings is 2. The lowest BCUT2D eigenvalue weighted by Crippen LogP contribution is -2.25. The van der Waals surface area contributed by atoms with E-state index in [1.807, 2.05) is 6.07 Å². The van der Waals surface area contributed by atoms with E-state index in [1.54, 1.807) is 13.0 Å². The Hall–Kier alpha value is -5.76. The lowest BCUT2D eigenvalue weighted by molar-refractivity contribution is -0.274. The first-order chi connectivity index (χ1) is 22.8. The number of aryl methyl sites for hydroxylation is 1. The number of tetrazole rings is 1. The van der Waals surface area contributed by atoms with Gasteiger partial charge in [0.15, 0.2) is 11.6 Å². The second-order valence-electron chi connectivity index (χ2n) is 10.1. The van der Waals surface area contributed by atoms with Crippen LogP contribution in [0.3, 0.4) is 0 Å². The van der Waals surface area contributed by atoms with Gasteiger partial charge < -0.3 is 10.1 Å². The van der Waals surface area contributed by atoms with Crippen LogP contribution in [-0.4, -0.2) is 53.0 Å². The maximum atomic E-state index is 13.9. The molecule has 1 N–H and O–H groups in total. The smallest absolute Gasteiger partial charge is 0.406 e. The molecule has 1 amide bonds. The van der Waals surface area contributed by atoms with Gasteiger partial charge in [0.05, 0.1) is 22.3 Å². The maximum absolute atomic E-state index is 13.9. The number of carbonyl (C=O) groups excluding carboxylic acids is 2. The molecule has 18 heteroatoms. The van der Waals surface area contributed by atoms with Crippen molar-refractivity contribution < 1.29 is 36.3 Å².